The molecular weight excluding hydrogens is 316 g/mol. The number of piperidine rings is 1. The minimum absolute atomic E-state index is 0.148. The average molecular weight is 338 g/mol. The van der Waals surface area contributed by atoms with Crippen molar-refractivity contribution in [1.29, 1.82) is 0 Å². The molecule has 0 spiro atoms. The van der Waals surface area contributed by atoms with Crippen molar-refractivity contribution in [2.75, 3.05) is 25.0 Å². The van der Waals surface area contributed by atoms with E-state index in [1.807, 2.05) is 24.3 Å². The maximum atomic E-state index is 12.4. The van der Waals surface area contributed by atoms with Crippen LogP contribution >= 0.6 is 0 Å². The Bertz CT molecular complexity index is 828. The number of nitrogens with zero attached hydrogens (tertiary/aromatic N) is 1. The molecule has 2 aliphatic rings. The van der Waals surface area contributed by atoms with Crippen LogP contribution in [-0.4, -0.2) is 41.5 Å². The summed E-state index contributed by atoms with van der Waals surface area (Å²) in [6, 6.07) is 10.1. The van der Waals surface area contributed by atoms with Gasteiger partial charge < -0.3 is 15.3 Å². The number of carbonyl (C=O) groups is 2. The zero-order valence-corrected chi connectivity index (χ0v) is 14.1. The summed E-state index contributed by atoms with van der Waals surface area (Å²) in [4.78, 5) is 26.5. The molecule has 0 bridgehead atoms. The summed E-state index contributed by atoms with van der Waals surface area (Å²) >= 11 is 0. The van der Waals surface area contributed by atoms with E-state index in [0.29, 0.717) is 18.8 Å². The lowest BCUT2D eigenvalue weighted by atomic mass is 9.98. The molecule has 5 nitrogen and oxygen atoms in total. The van der Waals surface area contributed by atoms with Crippen LogP contribution in [0, 0.1) is 5.92 Å². The Morgan fingerprint density at radius 1 is 1.08 bits per heavy atom. The molecule has 0 atom stereocenters. The summed E-state index contributed by atoms with van der Waals surface area (Å²) in [5.74, 6) is -0.829. The van der Waals surface area contributed by atoms with E-state index >= 15 is 0 Å². The summed E-state index contributed by atoms with van der Waals surface area (Å²) in [5, 5.41) is 14.2. The number of aliphatic hydroxyl groups excluding tert-OH is 1. The summed E-state index contributed by atoms with van der Waals surface area (Å²) < 4.78 is 0. The minimum atomic E-state index is -0.582. The molecule has 2 aromatic rings. The van der Waals surface area contributed by atoms with Crippen LogP contribution in [-0.2, 0) is 22.4 Å². The molecule has 1 saturated heterocycles. The smallest absolute Gasteiger partial charge is 0.313 e. The molecular formula is C20H22N2O3. The fourth-order valence-corrected chi connectivity index (χ4v) is 3.99. The van der Waals surface area contributed by atoms with Gasteiger partial charge in [-0.15, -0.1) is 0 Å². The molecule has 1 fully saturated rings. The highest BCUT2D eigenvalue weighted by Gasteiger charge is 2.27. The van der Waals surface area contributed by atoms with Gasteiger partial charge in [-0.1, -0.05) is 24.3 Å². The zero-order chi connectivity index (χ0) is 17.4. The van der Waals surface area contributed by atoms with E-state index in [4.69, 9.17) is 0 Å². The van der Waals surface area contributed by atoms with Crippen LogP contribution in [0.25, 0.3) is 10.8 Å². The summed E-state index contributed by atoms with van der Waals surface area (Å²) in [6.07, 6.45) is 3.55. The van der Waals surface area contributed by atoms with Crippen LogP contribution in [0.5, 0.6) is 0 Å². The summed E-state index contributed by atoms with van der Waals surface area (Å²) in [5.41, 5.74) is 3.31. The van der Waals surface area contributed by atoms with Gasteiger partial charge in [0.15, 0.2) is 0 Å². The number of aryl methyl sites for hydroxylation is 2. The summed E-state index contributed by atoms with van der Waals surface area (Å²) in [7, 11) is 0. The van der Waals surface area contributed by atoms with Gasteiger partial charge in [0.25, 0.3) is 0 Å². The topological polar surface area (TPSA) is 69.6 Å². The van der Waals surface area contributed by atoms with Crippen molar-refractivity contribution in [3.05, 3.63) is 41.5 Å². The molecule has 4 rings (SSSR count). The second-order valence-corrected chi connectivity index (χ2v) is 6.98. The first-order valence-corrected chi connectivity index (χ1v) is 8.92. The minimum Gasteiger partial charge on any atom is -0.396 e. The van der Waals surface area contributed by atoms with E-state index in [1.54, 1.807) is 4.90 Å². The largest absolute Gasteiger partial charge is 0.396 e. The Balaban J connectivity index is 1.52. The Hall–Kier alpha value is -2.40. The number of aliphatic hydroxyl groups is 1. The molecule has 5 heteroatoms. The fourth-order valence-electron chi connectivity index (χ4n) is 3.99. The predicted octanol–water partition coefficient (Wildman–Crippen LogP) is 2.11. The number of hydrogen-bond donors (Lipinski definition) is 2. The van der Waals surface area contributed by atoms with Gasteiger partial charge in [-0.05, 0) is 54.2 Å². The molecule has 2 N–H and O–H groups in total. The first-order chi connectivity index (χ1) is 12.2. The third-order valence-corrected chi connectivity index (χ3v) is 5.48. The number of nitrogens with one attached hydrogen (secondary N) is 1. The van der Waals surface area contributed by atoms with E-state index in [0.717, 1.165) is 31.1 Å². The summed E-state index contributed by atoms with van der Waals surface area (Å²) in [6.45, 7) is 1.21. The van der Waals surface area contributed by atoms with E-state index in [2.05, 4.69) is 11.4 Å². The quantitative estimate of drug-likeness (QED) is 0.824. The SMILES string of the molecule is O=C(Nc1ccc2c3c(cccc13)CC2)C(=O)N1CCC(CO)CC1. The molecule has 25 heavy (non-hydrogen) atoms. The van der Waals surface area contributed by atoms with Gasteiger partial charge >= 0.3 is 11.8 Å². The van der Waals surface area contributed by atoms with Gasteiger partial charge in [0.1, 0.15) is 0 Å². The molecule has 1 aliphatic carbocycles. The lowest BCUT2D eigenvalue weighted by Crippen LogP contribution is -2.44. The van der Waals surface area contributed by atoms with E-state index in [1.165, 1.54) is 16.5 Å². The highest BCUT2D eigenvalue weighted by Crippen LogP contribution is 2.35. The maximum Gasteiger partial charge on any atom is 0.313 e. The van der Waals surface area contributed by atoms with Crippen molar-refractivity contribution in [2.45, 2.75) is 25.7 Å². The average Bonchev–Trinajstić information content (AvgIpc) is 3.08. The number of rotatable bonds is 2. The van der Waals surface area contributed by atoms with Gasteiger partial charge in [-0.3, -0.25) is 9.59 Å². The number of anilines is 1. The molecule has 2 aromatic carbocycles. The van der Waals surface area contributed by atoms with Crippen LogP contribution in [0.1, 0.15) is 24.0 Å². The Kier molecular flexibility index (Phi) is 4.17. The van der Waals surface area contributed by atoms with Crippen LogP contribution in [0.15, 0.2) is 30.3 Å². The predicted molar refractivity (Wildman–Crippen MR) is 96.4 cm³/mol. The van der Waals surface area contributed by atoms with Gasteiger partial charge in [0, 0.05) is 30.8 Å². The molecule has 0 unspecified atom stereocenters. The molecule has 0 saturated carbocycles. The highest BCUT2D eigenvalue weighted by molar-refractivity contribution is 6.40. The van der Waals surface area contributed by atoms with Gasteiger partial charge in [0.05, 0.1) is 0 Å². The standard InChI is InChI=1S/C20H22N2O3/c23-12-13-8-10-22(11-9-13)20(25)19(24)21-17-7-6-15-5-4-14-2-1-3-16(17)18(14)15/h1-3,6-7,13,23H,4-5,8-12H2,(H,21,24). The van der Waals surface area contributed by atoms with Crippen molar-refractivity contribution >= 4 is 28.3 Å². The van der Waals surface area contributed by atoms with Crippen molar-refractivity contribution < 1.29 is 14.7 Å². The second-order valence-electron chi connectivity index (χ2n) is 6.98. The van der Waals surface area contributed by atoms with E-state index < -0.39 is 11.8 Å². The number of amides is 2. The van der Waals surface area contributed by atoms with E-state index in [9.17, 15) is 14.7 Å². The first kappa shape index (κ1) is 16.1. The van der Waals surface area contributed by atoms with Crippen LogP contribution in [0.3, 0.4) is 0 Å². The third-order valence-electron chi connectivity index (χ3n) is 5.48. The molecule has 2 amide bonds. The Morgan fingerprint density at radius 2 is 1.80 bits per heavy atom. The third kappa shape index (κ3) is 2.89. The Morgan fingerprint density at radius 3 is 2.52 bits per heavy atom. The number of benzene rings is 2. The lowest BCUT2D eigenvalue weighted by molar-refractivity contribution is -0.144. The van der Waals surface area contributed by atoms with Crippen LogP contribution in [0.2, 0.25) is 0 Å². The molecule has 0 aromatic heterocycles. The van der Waals surface area contributed by atoms with Gasteiger partial charge in [-0.2, -0.15) is 0 Å². The van der Waals surface area contributed by atoms with Crippen molar-refractivity contribution in [2.24, 2.45) is 5.92 Å². The van der Waals surface area contributed by atoms with Crippen molar-refractivity contribution in [3.8, 4) is 0 Å². The molecule has 130 valence electrons. The number of hydrogen-bond acceptors (Lipinski definition) is 3. The van der Waals surface area contributed by atoms with Crippen molar-refractivity contribution in [3.63, 3.8) is 0 Å². The first-order valence-electron chi connectivity index (χ1n) is 8.92. The number of carbonyl (C=O) groups excluding carboxylic acids is 2. The molecule has 1 aliphatic heterocycles. The van der Waals surface area contributed by atoms with Gasteiger partial charge in [-0.25, -0.2) is 0 Å². The Labute approximate surface area is 146 Å². The fraction of sp³-hybridized carbons (Fsp3) is 0.400. The molecule has 1 heterocycles. The van der Waals surface area contributed by atoms with Crippen LogP contribution < -0.4 is 5.32 Å². The lowest BCUT2D eigenvalue weighted by Gasteiger charge is -2.30. The van der Waals surface area contributed by atoms with Crippen LogP contribution in [0.4, 0.5) is 5.69 Å². The van der Waals surface area contributed by atoms with E-state index in [-0.39, 0.29) is 12.5 Å². The maximum absolute atomic E-state index is 12.4. The highest BCUT2D eigenvalue weighted by atomic mass is 16.3. The number of likely N-dealkylation sites (tertiary alicyclic amines) is 1. The van der Waals surface area contributed by atoms with Crippen molar-refractivity contribution in [1.82, 2.24) is 4.90 Å². The molecule has 0 radical (unpaired) electrons. The monoisotopic (exact) mass is 338 g/mol. The zero-order valence-electron chi connectivity index (χ0n) is 14.1. The second kappa shape index (κ2) is 6.48. The normalized spacial score (nSPS) is 17.1. The van der Waals surface area contributed by atoms with Gasteiger partial charge in [0.2, 0.25) is 0 Å².